The number of ether oxygens (including phenoxy) is 1. The van der Waals surface area contributed by atoms with Gasteiger partial charge in [0.05, 0.1) is 6.61 Å². The zero-order valence-corrected chi connectivity index (χ0v) is 9.60. The van der Waals surface area contributed by atoms with Crippen molar-refractivity contribution >= 4 is 0 Å². The largest absolute Gasteiger partial charge is 0.380 e. The number of rotatable bonds is 7. The van der Waals surface area contributed by atoms with E-state index in [1.165, 1.54) is 12.8 Å². The van der Waals surface area contributed by atoms with E-state index >= 15 is 0 Å². The number of nitrogens with two attached hydrogens (primary N) is 1. The van der Waals surface area contributed by atoms with Crippen LogP contribution in [0.15, 0.2) is 0 Å². The van der Waals surface area contributed by atoms with E-state index in [2.05, 4.69) is 20.8 Å². The van der Waals surface area contributed by atoms with Crippen LogP contribution in [-0.4, -0.2) is 18.8 Å². The van der Waals surface area contributed by atoms with Crippen molar-refractivity contribution in [2.45, 2.75) is 52.5 Å². The van der Waals surface area contributed by atoms with E-state index in [-0.39, 0.29) is 5.54 Å². The maximum Gasteiger partial charge on any atom is 0.0643 e. The Bertz CT molecular complexity index is 121. The van der Waals surface area contributed by atoms with Gasteiger partial charge < -0.3 is 10.5 Å². The van der Waals surface area contributed by atoms with Gasteiger partial charge in [0.2, 0.25) is 0 Å². The van der Waals surface area contributed by atoms with E-state index in [4.69, 9.17) is 10.5 Å². The molecule has 0 saturated carbocycles. The summed E-state index contributed by atoms with van der Waals surface area (Å²) < 4.78 is 5.33. The van der Waals surface area contributed by atoms with Crippen LogP contribution in [-0.2, 0) is 4.74 Å². The molecule has 80 valence electrons. The first kappa shape index (κ1) is 12.9. The van der Waals surface area contributed by atoms with Gasteiger partial charge in [-0.25, -0.2) is 0 Å². The molecule has 0 aliphatic carbocycles. The second kappa shape index (κ2) is 6.39. The highest BCUT2D eigenvalue weighted by Gasteiger charge is 2.17. The van der Waals surface area contributed by atoms with Gasteiger partial charge in [0, 0.05) is 12.1 Å². The lowest BCUT2D eigenvalue weighted by atomic mass is 9.94. The predicted molar refractivity (Wildman–Crippen MR) is 57.8 cm³/mol. The fraction of sp³-hybridized carbons (Fsp3) is 1.00. The average molecular weight is 187 g/mol. The molecule has 0 aromatic carbocycles. The molecule has 0 amide bonds. The van der Waals surface area contributed by atoms with Crippen LogP contribution >= 0.6 is 0 Å². The van der Waals surface area contributed by atoms with Crippen molar-refractivity contribution in [1.29, 1.82) is 0 Å². The van der Waals surface area contributed by atoms with Gasteiger partial charge >= 0.3 is 0 Å². The van der Waals surface area contributed by atoms with Gasteiger partial charge in [0.15, 0.2) is 0 Å². The van der Waals surface area contributed by atoms with Crippen LogP contribution < -0.4 is 5.73 Å². The Labute approximate surface area is 82.8 Å². The van der Waals surface area contributed by atoms with Crippen molar-refractivity contribution in [1.82, 2.24) is 0 Å². The lowest BCUT2D eigenvalue weighted by Gasteiger charge is -2.24. The number of hydrogen-bond donors (Lipinski definition) is 1. The van der Waals surface area contributed by atoms with Crippen molar-refractivity contribution in [3.8, 4) is 0 Å². The van der Waals surface area contributed by atoms with Crippen LogP contribution in [0.3, 0.4) is 0 Å². The van der Waals surface area contributed by atoms with E-state index in [9.17, 15) is 0 Å². The van der Waals surface area contributed by atoms with Crippen molar-refractivity contribution in [3.05, 3.63) is 0 Å². The summed E-state index contributed by atoms with van der Waals surface area (Å²) in [6.45, 7) is 10.0. The van der Waals surface area contributed by atoms with Gasteiger partial charge in [-0.15, -0.1) is 0 Å². The summed E-state index contributed by atoms with van der Waals surface area (Å²) in [4.78, 5) is 0. The van der Waals surface area contributed by atoms with Crippen LogP contribution in [0.4, 0.5) is 0 Å². The second-order valence-electron chi connectivity index (χ2n) is 4.58. The summed E-state index contributed by atoms with van der Waals surface area (Å²) in [6.07, 6.45) is 3.53. The topological polar surface area (TPSA) is 35.2 Å². The molecule has 1 atom stereocenters. The molecule has 0 rings (SSSR count). The fourth-order valence-electron chi connectivity index (χ4n) is 1.32. The first-order chi connectivity index (χ1) is 5.98. The fourth-order valence-corrected chi connectivity index (χ4v) is 1.32. The minimum Gasteiger partial charge on any atom is -0.380 e. The van der Waals surface area contributed by atoms with Crippen molar-refractivity contribution in [3.63, 3.8) is 0 Å². The molecule has 0 aromatic heterocycles. The van der Waals surface area contributed by atoms with Crippen LogP contribution in [0.5, 0.6) is 0 Å². The van der Waals surface area contributed by atoms with Crippen molar-refractivity contribution < 1.29 is 4.74 Å². The summed E-state index contributed by atoms with van der Waals surface area (Å²) in [5.41, 5.74) is 5.93. The highest BCUT2D eigenvalue weighted by molar-refractivity contribution is 4.77. The predicted octanol–water partition coefficient (Wildman–Crippen LogP) is 2.57. The van der Waals surface area contributed by atoms with Crippen molar-refractivity contribution in [2.24, 2.45) is 11.7 Å². The smallest absolute Gasteiger partial charge is 0.0643 e. The highest BCUT2D eigenvalue weighted by atomic mass is 16.5. The Hall–Kier alpha value is -0.0800. The Kier molecular flexibility index (Phi) is 6.35. The van der Waals surface area contributed by atoms with Gasteiger partial charge in [-0.1, -0.05) is 26.7 Å². The normalized spacial score (nSPS) is 16.2. The minimum atomic E-state index is -0.134. The van der Waals surface area contributed by atoms with E-state index < -0.39 is 0 Å². The molecule has 0 heterocycles. The molecule has 0 radical (unpaired) electrons. The number of hydrogen-bond acceptors (Lipinski definition) is 2. The molecule has 13 heavy (non-hydrogen) atoms. The monoisotopic (exact) mass is 187 g/mol. The third kappa shape index (κ3) is 8.26. The third-order valence-corrected chi connectivity index (χ3v) is 2.17. The zero-order chi connectivity index (χ0) is 10.3. The molecular formula is C11H25NO. The Morgan fingerprint density at radius 2 is 2.00 bits per heavy atom. The minimum absolute atomic E-state index is 0.134. The highest BCUT2D eigenvalue weighted by Crippen LogP contribution is 2.14. The quantitative estimate of drug-likeness (QED) is 0.665. The standard InChI is InChI=1S/C11H25NO/c1-5-13-9-11(4,12)8-6-7-10(2)3/h10H,5-9,12H2,1-4H3. The maximum atomic E-state index is 6.06. The molecule has 0 bridgehead atoms. The van der Waals surface area contributed by atoms with Crippen LogP contribution in [0.2, 0.25) is 0 Å². The Morgan fingerprint density at radius 1 is 1.38 bits per heavy atom. The molecule has 0 aromatic rings. The van der Waals surface area contributed by atoms with E-state index in [1.54, 1.807) is 0 Å². The molecule has 0 aliphatic heterocycles. The first-order valence-corrected chi connectivity index (χ1v) is 5.34. The lowest BCUT2D eigenvalue weighted by molar-refractivity contribution is 0.0961. The molecule has 1 unspecified atom stereocenters. The Balaban J connectivity index is 3.50. The molecule has 0 fully saturated rings. The summed E-state index contributed by atoms with van der Waals surface area (Å²) in [5, 5.41) is 0. The molecular weight excluding hydrogens is 162 g/mol. The molecule has 0 spiro atoms. The van der Waals surface area contributed by atoms with E-state index in [0.29, 0.717) is 6.61 Å². The van der Waals surface area contributed by atoms with Crippen LogP contribution in [0.1, 0.15) is 47.0 Å². The molecule has 2 nitrogen and oxygen atoms in total. The summed E-state index contributed by atoms with van der Waals surface area (Å²) >= 11 is 0. The first-order valence-electron chi connectivity index (χ1n) is 5.34. The lowest BCUT2D eigenvalue weighted by Crippen LogP contribution is -2.41. The zero-order valence-electron chi connectivity index (χ0n) is 9.60. The maximum absolute atomic E-state index is 6.06. The molecule has 2 N–H and O–H groups in total. The van der Waals surface area contributed by atoms with Crippen LogP contribution in [0.25, 0.3) is 0 Å². The van der Waals surface area contributed by atoms with Gasteiger partial charge in [-0.05, 0) is 26.2 Å². The molecule has 0 saturated heterocycles. The average Bonchev–Trinajstić information content (AvgIpc) is 2.00. The van der Waals surface area contributed by atoms with Gasteiger partial charge in [-0.3, -0.25) is 0 Å². The molecule has 0 aliphatic rings. The summed E-state index contributed by atoms with van der Waals surface area (Å²) in [6, 6.07) is 0. The second-order valence-corrected chi connectivity index (χ2v) is 4.58. The Morgan fingerprint density at radius 3 is 2.46 bits per heavy atom. The SMILES string of the molecule is CCOCC(C)(N)CCCC(C)C. The van der Waals surface area contributed by atoms with Gasteiger partial charge in [0.25, 0.3) is 0 Å². The van der Waals surface area contributed by atoms with E-state index in [1.807, 2.05) is 6.92 Å². The van der Waals surface area contributed by atoms with Crippen LogP contribution in [0, 0.1) is 5.92 Å². The van der Waals surface area contributed by atoms with E-state index in [0.717, 1.165) is 18.9 Å². The summed E-state index contributed by atoms with van der Waals surface area (Å²) in [7, 11) is 0. The third-order valence-electron chi connectivity index (χ3n) is 2.17. The van der Waals surface area contributed by atoms with Gasteiger partial charge in [-0.2, -0.15) is 0 Å². The van der Waals surface area contributed by atoms with Gasteiger partial charge in [0.1, 0.15) is 0 Å². The summed E-state index contributed by atoms with van der Waals surface area (Å²) in [5.74, 6) is 0.780. The van der Waals surface area contributed by atoms with Crippen molar-refractivity contribution in [2.75, 3.05) is 13.2 Å². The molecule has 2 heteroatoms.